The van der Waals surface area contributed by atoms with Crippen LogP contribution < -0.4 is 10.6 Å². The fraction of sp³-hybridized carbons (Fsp3) is 0.176. The van der Waals surface area contributed by atoms with Gasteiger partial charge in [0.2, 0.25) is 0 Å². The van der Waals surface area contributed by atoms with Crippen molar-refractivity contribution in [2.45, 2.75) is 12.8 Å². The van der Waals surface area contributed by atoms with Gasteiger partial charge in [-0.3, -0.25) is 0 Å². The summed E-state index contributed by atoms with van der Waals surface area (Å²) in [6, 6.07) is 14.5. The van der Waals surface area contributed by atoms with Gasteiger partial charge in [0.1, 0.15) is 12.1 Å². The molecule has 3 aromatic rings. The highest BCUT2D eigenvalue weighted by molar-refractivity contribution is 5.90. The summed E-state index contributed by atoms with van der Waals surface area (Å²) in [5.74, 6) is 0.851. The fourth-order valence-corrected chi connectivity index (χ4v) is 2.79. The summed E-state index contributed by atoms with van der Waals surface area (Å²) in [5, 5.41) is 7.89. The van der Waals surface area contributed by atoms with Crippen molar-refractivity contribution in [2.24, 2.45) is 0 Å². The van der Waals surface area contributed by atoms with E-state index < -0.39 is 0 Å². The van der Waals surface area contributed by atoms with Crippen molar-refractivity contribution in [3.05, 3.63) is 54.4 Å². The molecule has 0 saturated carbocycles. The molecule has 4 nitrogen and oxygen atoms in total. The molecule has 21 heavy (non-hydrogen) atoms. The number of fused-ring (bicyclic) bond motifs is 2. The molecule has 104 valence electrons. The molecule has 0 bridgehead atoms. The molecule has 1 aliphatic rings. The Labute approximate surface area is 123 Å². The average molecular weight is 276 g/mol. The minimum atomic E-state index is 0.851. The zero-order valence-electron chi connectivity index (χ0n) is 11.6. The Bertz CT molecular complexity index is 792. The molecular formula is C17H16N4. The highest BCUT2D eigenvalue weighted by Crippen LogP contribution is 2.28. The van der Waals surface area contributed by atoms with E-state index in [0.717, 1.165) is 35.4 Å². The van der Waals surface area contributed by atoms with Crippen LogP contribution in [0.2, 0.25) is 0 Å². The number of hydrogen-bond acceptors (Lipinski definition) is 4. The normalized spacial score (nSPS) is 13.5. The molecular weight excluding hydrogens is 260 g/mol. The maximum absolute atomic E-state index is 4.38. The maximum Gasteiger partial charge on any atom is 0.141 e. The number of rotatable bonds is 2. The molecule has 0 fully saturated rings. The smallest absolute Gasteiger partial charge is 0.141 e. The molecule has 4 heteroatoms. The van der Waals surface area contributed by atoms with Gasteiger partial charge in [0.05, 0.1) is 5.52 Å². The lowest BCUT2D eigenvalue weighted by Gasteiger charge is -2.19. The van der Waals surface area contributed by atoms with Crippen LogP contribution in [0.25, 0.3) is 10.9 Å². The predicted molar refractivity (Wildman–Crippen MR) is 86.1 cm³/mol. The van der Waals surface area contributed by atoms with Gasteiger partial charge in [0.25, 0.3) is 0 Å². The molecule has 0 aliphatic carbocycles. The maximum atomic E-state index is 4.38. The molecule has 2 aromatic carbocycles. The molecule has 1 aliphatic heterocycles. The van der Waals surface area contributed by atoms with Gasteiger partial charge in [0.15, 0.2) is 0 Å². The van der Waals surface area contributed by atoms with Crippen molar-refractivity contribution in [3.63, 3.8) is 0 Å². The van der Waals surface area contributed by atoms with E-state index in [-0.39, 0.29) is 0 Å². The first-order valence-electron chi connectivity index (χ1n) is 7.24. The quantitative estimate of drug-likeness (QED) is 0.748. The minimum absolute atomic E-state index is 0.851. The summed E-state index contributed by atoms with van der Waals surface area (Å²) in [4.78, 5) is 8.67. The first-order chi connectivity index (χ1) is 10.4. The number of para-hydroxylation sites is 1. The van der Waals surface area contributed by atoms with Gasteiger partial charge < -0.3 is 10.6 Å². The van der Waals surface area contributed by atoms with Gasteiger partial charge >= 0.3 is 0 Å². The Morgan fingerprint density at radius 3 is 3.00 bits per heavy atom. The lowest BCUT2D eigenvalue weighted by Crippen LogP contribution is -2.11. The monoisotopic (exact) mass is 276 g/mol. The van der Waals surface area contributed by atoms with E-state index in [1.807, 2.05) is 24.3 Å². The van der Waals surface area contributed by atoms with Crippen LogP contribution in [0.4, 0.5) is 17.2 Å². The van der Waals surface area contributed by atoms with Crippen molar-refractivity contribution in [1.29, 1.82) is 0 Å². The minimum Gasteiger partial charge on any atom is -0.385 e. The highest BCUT2D eigenvalue weighted by atomic mass is 15.0. The molecule has 0 spiro atoms. The van der Waals surface area contributed by atoms with Crippen LogP contribution in [0.1, 0.15) is 12.0 Å². The topological polar surface area (TPSA) is 49.8 Å². The largest absolute Gasteiger partial charge is 0.385 e. The first-order valence-corrected chi connectivity index (χ1v) is 7.24. The standard InChI is InChI=1S/C17H16N4/c1-2-6-16-14(5-1)17(20-11-19-16)21-13-7-8-15-12(10-13)4-3-9-18-15/h1-2,5-8,10-11,18H,3-4,9H2,(H,19,20,21). The van der Waals surface area contributed by atoms with Crippen LogP contribution in [0.3, 0.4) is 0 Å². The second-order valence-corrected chi connectivity index (χ2v) is 5.27. The predicted octanol–water partition coefficient (Wildman–Crippen LogP) is 3.73. The number of aryl methyl sites for hydroxylation is 1. The van der Waals surface area contributed by atoms with E-state index in [2.05, 4.69) is 38.8 Å². The Morgan fingerprint density at radius 1 is 1.05 bits per heavy atom. The van der Waals surface area contributed by atoms with Crippen LogP contribution in [-0.4, -0.2) is 16.5 Å². The van der Waals surface area contributed by atoms with Crippen molar-refractivity contribution < 1.29 is 0 Å². The molecule has 2 N–H and O–H groups in total. The second-order valence-electron chi connectivity index (χ2n) is 5.27. The van der Waals surface area contributed by atoms with Gasteiger partial charge in [-0.15, -0.1) is 0 Å². The highest BCUT2D eigenvalue weighted by Gasteiger charge is 2.09. The Hall–Kier alpha value is -2.62. The van der Waals surface area contributed by atoms with Gasteiger partial charge in [0, 0.05) is 23.3 Å². The Kier molecular flexibility index (Phi) is 2.92. The summed E-state index contributed by atoms with van der Waals surface area (Å²) >= 11 is 0. The lowest BCUT2D eigenvalue weighted by atomic mass is 10.0. The van der Waals surface area contributed by atoms with Gasteiger partial charge in [-0.25, -0.2) is 9.97 Å². The molecule has 2 heterocycles. The molecule has 0 atom stereocenters. The summed E-state index contributed by atoms with van der Waals surface area (Å²) in [6.07, 6.45) is 3.92. The van der Waals surface area contributed by atoms with Crippen molar-refractivity contribution in [3.8, 4) is 0 Å². The van der Waals surface area contributed by atoms with Crippen LogP contribution in [-0.2, 0) is 6.42 Å². The number of hydrogen-bond donors (Lipinski definition) is 2. The summed E-state index contributed by atoms with van der Waals surface area (Å²) in [7, 11) is 0. The van der Waals surface area contributed by atoms with Gasteiger partial charge in [-0.2, -0.15) is 0 Å². The molecule has 0 saturated heterocycles. The summed E-state index contributed by atoms with van der Waals surface area (Å²) in [5.41, 5.74) is 4.64. The van der Waals surface area contributed by atoms with E-state index in [0.29, 0.717) is 0 Å². The van der Waals surface area contributed by atoms with E-state index in [1.54, 1.807) is 6.33 Å². The summed E-state index contributed by atoms with van der Waals surface area (Å²) in [6.45, 7) is 1.07. The number of benzene rings is 2. The molecule has 1 aromatic heterocycles. The third kappa shape index (κ3) is 2.29. The zero-order chi connectivity index (χ0) is 14.1. The second kappa shape index (κ2) is 5.05. The van der Waals surface area contributed by atoms with E-state index in [4.69, 9.17) is 0 Å². The van der Waals surface area contributed by atoms with Crippen molar-refractivity contribution in [1.82, 2.24) is 9.97 Å². The molecule has 0 amide bonds. The van der Waals surface area contributed by atoms with Crippen LogP contribution >= 0.6 is 0 Å². The SMILES string of the molecule is c1ccc2c(Nc3ccc4c(c3)CCCN4)ncnc2c1. The van der Waals surface area contributed by atoms with Crippen LogP contribution in [0.15, 0.2) is 48.8 Å². The number of nitrogens with zero attached hydrogens (tertiary/aromatic N) is 2. The Morgan fingerprint density at radius 2 is 2.00 bits per heavy atom. The van der Waals surface area contributed by atoms with Crippen molar-refractivity contribution >= 4 is 28.1 Å². The molecule has 0 unspecified atom stereocenters. The van der Waals surface area contributed by atoms with Crippen LogP contribution in [0, 0.1) is 0 Å². The third-order valence-electron chi connectivity index (χ3n) is 3.85. The fourth-order valence-electron chi connectivity index (χ4n) is 2.79. The van der Waals surface area contributed by atoms with E-state index in [9.17, 15) is 0 Å². The van der Waals surface area contributed by atoms with E-state index in [1.165, 1.54) is 17.7 Å². The van der Waals surface area contributed by atoms with Crippen LogP contribution in [0.5, 0.6) is 0 Å². The van der Waals surface area contributed by atoms with Crippen molar-refractivity contribution in [2.75, 3.05) is 17.2 Å². The Balaban J connectivity index is 1.71. The third-order valence-corrected chi connectivity index (χ3v) is 3.85. The number of aromatic nitrogens is 2. The lowest BCUT2D eigenvalue weighted by molar-refractivity contribution is 0.830. The molecule has 0 radical (unpaired) electrons. The van der Waals surface area contributed by atoms with Gasteiger partial charge in [-0.1, -0.05) is 12.1 Å². The molecule has 4 rings (SSSR count). The zero-order valence-corrected chi connectivity index (χ0v) is 11.6. The van der Waals surface area contributed by atoms with Gasteiger partial charge in [-0.05, 0) is 48.7 Å². The average Bonchev–Trinajstić information content (AvgIpc) is 2.55. The summed E-state index contributed by atoms with van der Waals surface area (Å²) < 4.78 is 0. The number of nitrogens with one attached hydrogen (secondary N) is 2. The van der Waals surface area contributed by atoms with E-state index >= 15 is 0 Å². The number of anilines is 3. The first kappa shape index (κ1) is 12.1.